The predicted octanol–water partition coefficient (Wildman–Crippen LogP) is 3.23. The van der Waals surface area contributed by atoms with Crippen molar-refractivity contribution in [3.05, 3.63) is 65.2 Å². The van der Waals surface area contributed by atoms with E-state index < -0.39 is 24.5 Å². The number of hydrogen-bond donors (Lipinski definition) is 2. The van der Waals surface area contributed by atoms with E-state index in [-0.39, 0.29) is 18.2 Å². The minimum atomic E-state index is -0.616. The van der Waals surface area contributed by atoms with Crippen LogP contribution in [0.25, 0.3) is 0 Å². The number of rotatable bonds is 10. The van der Waals surface area contributed by atoms with E-state index in [2.05, 4.69) is 10.6 Å². The van der Waals surface area contributed by atoms with E-state index in [1.807, 2.05) is 45.0 Å². The maximum Gasteiger partial charge on any atom is 0.308 e. The number of nitrogens with one attached hydrogen (secondary N) is 2. The molecule has 0 spiro atoms. The number of hydrogen-bond acceptors (Lipinski definition) is 5. The molecule has 0 radical (unpaired) electrons. The summed E-state index contributed by atoms with van der Waals surface area (Å²) in [6.07, 6.45) is -0.107. The summed E-state index contributed by atoms with van der Waals surface area (Å²) in [7, 11) is 0. The molecule has 0 bridgehead atoms. The van der Waals surface area contributed by atoms with Crippen LogP contribution >= 0.6 is 0 Å². The van der Waals surface area contributed by atoms with Crippen molar-refractivity contribution < 1.29 is 23.9 Å². The van der Waals surface area contributed by atoms with Gasteiger partial charge in [0.15, 0.2) is 6.61 Å². The maximum absolute atomic E-state index is 12.5. The van der Waals surface area contributed by atoms with Gasteiger partial charge in [0.2, 0.25) is 5.91 Å². The molecule has 0 aromatic heterocycles. The van der Waals surface area contributed by atoms with Crippen molar-refractivity contribution in [2.75, 3.05) is 25.0 Å². The van der Waals surface area contributed by atoms with Crippen molar-refractivity contribution in [2.45, 2.75) is 40.2 Å². The molecule has 0 aliphatic carbocycles. The largest absolute Gasteiger partial charge is 0.455 e. The van der Waals surface area contributed by atoms with Crippen LogP contribution in [0.5, 0.6) is 0 Å². The van der Waals surface area contributed by atoms with E-state index in [1.165, 1.54) is 6.92 Å². The minimum Gasteiger partial charge on any atom is -0.455 e. The van der Waals surface area contributed by atoms with Crippen LogP contribution in [0.15, 0.2) is 48.5 Å². The highest BCUT2D eigenvalue weighted by molar-refractivity contribution is 5.97. The highest BCUT2D eigenvalue weighted by atomic mass is 16.5. The van der Waals surface area contributed by atoms with Crippen molar-refractivity contribution in [3.8, 4) is 0 Å². The van der Waals surface area contributed by atoms with Crippen molar-refractivity contribution in [2.24, 2.45) is 0 Å². The average Bonchev–Trinajstić information content (AvgIpc) is 2.78. The molecule has 176 valence electrons. The van der Waals surface area contributed by atoms with Crippen molar-refractivity contribution >= 4 is 29.4 Å². The van der Waals surface area contributed by atoms with E-state index >= 15 is 0 Å². The van der Waals surface area contributed by atoms with Crippen LogP contribution in [0.4, 0.5) is 5.69 Å². The lowest BCUT2D eigenvalue weighted by Gasteiger charge is -2.19. The van der Waals surface area contributed by atoms with Crippen LogP contribution in [0.3, 0.4) is 0 Å². The fourth-order valence-electron chi connectivity index (χ4n) is 3.29. The Labute approximate surface area is 194 Å². The molecule has 2 aromatic rings. The van der Waals surface area contributed by atoms with Gasteiger partial charge in [-0.3, -0.25) is 19.2 Å². The third-order valence-corrected chi connectivity index (χ3v) is 5.04. The molecule has 0 fully saturated rings. The Hall–Kier alpha value is -3.68. The molecule has 0 saturated heterocycles. The fourth-order valence-corrected chi connectivity index (χ4v) is 3.29. The lowest BCUT2D eigenvalue weighted by Crippen LogP contribution is -2.30. The first-order valence-corrected chi connectivity index (χ1v) is 10.9. The maximum atomic E-state index is 12.5. The van der Waals surface area contributed by atoms with Crippen LogP contribution in [-0.2, 0) is 19.1 Å². The molecule has 2 aromatic carbocycles. The van der Waals surface area contributed by atoms with Crippen LogP contribution in [0.1, 0.15) is 54.7 Å². The minimum absolute atomic E-state index is 0.107. The molecule has 8 heteroatoms. The zero-order valence-corrected chi connectivity index (χ0v) is 19.5. The third-order valence-electron chi connectivity index (χ3n) is 5.04. The van der Waals surface area contributed by atoms with Gasteiger partial charge >= 0.3 is 5.97 Å². The van der Waals surface area contributed by atoms with Gasteiger partial charge in [0.05, 0.1) is 12.5 Å². The molecular formula is C25H31N3O5. The number of ether oxygens (including phenoxy) is 1. The normalized spacial score (nSPS) is 11.3. The second-order valence-corrected chi connectivity index (χ2v) is 7.64. The third kappa shape index (κ3) is 8.07. The van der Waals surface area contributed by atoms with Gasteiger partial charge in [-0.15, -0.1) is 0 Å². The molecule has 0 aliphatic heterocycles. The molecule has 2 N–H and O–H groups in total. The summed E-state index contributed by atoms with van der Waals surface area (Å²) in [6, 6.07) is 13.5. The molecule has 0 saturated carbocycles. The van der Waals surface area contributed by atoms with Gasteiger partial charge < -0.3 is 20.3 Å². The summed E-state index contributed by atoms with van der Waals surface area (Å²) in [6.45, 7) is 7.81. The fraction of sp³-hybridized carbons (Fsp3) is 0.360. The molecule has 1 atom stereocenters. The van der Waals surface area contributed by atoms with Crippen molar-refractivity contribution in [1.82, 2.24) is 10.2 Å². The van der Waals surface area contributed by atoms with Crippen LogP contribution in [0, 0.1) is 6.92 Å². The quantitative estimate of drug-likeness (QED) is 0.538. The summed E-state index contributed by atoms with van der Waals surface area (Å²) in [5.41, 5.74) is 2.73. The first-order chi connectivity index (χ1) is 15.7. The summed E-state index contributed by atoms with van der Waals surface area (Å²) < 4.78 is 5.11. The zero-order chi connectivity index (χ0) is 24.4. The van der Waals surface area contributed by atoms with Gasteiger partial charge in [-0.05, 0) is 44.5 Å². The van der Waals surface area contributed by atoms with E-state index in [9.17, 15) is 19.2 Å². The first kappa shape index (κ1) is 25.6. The smallest absolute Gasteiger partial charge is 0.308 e. The molecule has 33 heavy (non-hydrogen) atoms. The molecule has 0 heterocycles. The van der Waals surface area contributed by atoms with Crippen molar-refractivity contribution in [3.63, 3.8) is 0 Å². The summed E-state index contributed by atoms with van der Waals surface area (Å²) >= 11 is 0. The second kappa shape index (κ2) is 12.4. The molecular weight excluding hydrogens is 422 g/mol. The second-order valence-electron chi connectivity index (χ2n) is 7.64. The Morgan fingerprint density at radius 1 is 1.00 bits per heavy atom. The number of aryl methyl sites for hydroxylation is 1. The summed E-state index contributed by atoms with van der Waals surface area (Å²) in [5, 5.41) is 5.37. The Kier molecular flexibility index (Phi) is 9.60. The highest BCUT2D eigenvalue weighted by Gasteiger charge is 2.19. The summed E-state index contributed by atoms with van der Waals surface area (Å²) in [5.74, 6) is -1.54. The zero-order valence-electron chi connectivity index (χ0n) is 19.5. The first-order valence-electron chi connectivity index (χ1n) is 10.9. The van der Waals surface area contributed by atoms with E-state index in [0.717, 1.165) is 11.1 Å². The molecule has 8 nitrogen and oxygen atoms in total. The van der Waals surface area contributed by atoms with Gasteiger partial charge in [0.1, 0.15) is 0 Å². The van der Waals surface area contributed by atoms with E-state index in [1.54, 1.807) is 29.2 Å². The van der Waals surface area contributed by atoms with Gasteiger partial charge in [-0.1, -0.05) is 35.9 Å². The van der Waals surface area contributed by atoms with Crippen molar-refractivity contribution in [1.29, 1.82) is 0 Å². The molecule has 2 rings (SSSR count). The lowest BCUT2D eigenvalue weighted by molar-refractivity contribution is -0.148. The Bertz CT molecular complexity index is 984. The van der Waals surface area contributed by atoms with E-state index in [4.69, 9.17) is 4.74 Å². The van der Waals surface area contributed by atoms with Crippen LogP contribution in [-0.4, -0.2) is 48.3 Å². The number of esters is 1. The van der Waals surface area contributed by atoms with E-state index in [0.29, 0.717) is 24.3 Å². The average molecular weight is 454 g/mol. The number of carbonyl (C=O) groups is 4. The van der Waals surface area contributed by atoms with Gasteiger partial charge in [-0.2, -0.15) is 0 Å². The Morgan fingerprint density at radius 3 is 2.27 bits per heavy atom. The number of amides is 3. The van der Waals surface area contributed by atoms with Gasteiger partial charge in [0.25, 0.3) is 11.8 Å². The number of benzene rings is 2. The lowest BCUT2D eigenvalue weighted by atomic mass is 10.0. The topological polar surface area (TPSA) is 105 Å². The highest BCUT2D eigenvalue weighted by Crippen LogP contribution is 2.18. The molecule has 1 unspecified atom stereocenters. The van der Waals surface area contributed by atoms with Crippen LogP contribution < -0.4 is 10.6 Å². The Balaban J connectivity index is 1.93. The van der Waals surface area contributed by atoms with Gasteiger partial charge in [0, 0.05) is 31.3 Å². The monoisotopic (exact) mass is 453 g/mol. The SMILES string of the molecule is CCN(CC)C(=O)c1cccc(NC(=O)COC(=O)CC(NC(C)=O)c2ccc(C)cc2)c1. The Morgan fingerprint density at radius 2 is 1.67 bits per heavy atom. The van der Waals surface area contributed by atoms with Gasteiger partial charge in [-0.25, -0.2) is 0 Å². The standard InChI is InChI=1S/C25H31N3O5/c1-5-28(6-2)25(32)20-8-7-9-21(14-20)27-23(30)16-33-24(31)15-22(26-18(4)29)19-12-10-17(3)11-13-19/h7-14,22H,5-6,15-16H2,1-4H3,(H,26,29)(H,27,30). The molecule has 0 aliphatic rings. The number of anilines is 1. The van der Waals surface area contributed by atoms with Crippen LogP contribution in [0.2, 0.25) is 0 Å². The number of carbonyl (C=O) groups excluding carboxylic acids is 4. The number of nitrogens with zero attached hydrogens (tertiary/aromatic N) is 1. The molecule has 3 amide bonds. The predicted molar refractivity (Wildman–Crippen MR) is 126 cm³/mol. The summed E-state index contributed by atoms with van der Waals surface area (Å²) in [4.78, 5) is 50.3.